The first-order valence-electron chi connectivity index (χ1n) is 5.78. The molecule has 1 aromatic carbocycles. The zero-order valence-electron chi connectivity index (χ0n) is 10.2. The van der Waals surface area contributed by atoms with Crippen molar-refractivity contribution < 1.29 is 4.79 Å². The Morgan fingerprint density at radius 1 is 1.33 bits per heavy atom. The van der Waals surface area contributed by atoms with Gasteiger partial charge in [0, 0.05) is 28.3 Å². The number of carbonyl (C=O) groups excluding carboxylic acids is 1. The largest absolute Gasteiger partial charge is 0.334 e. The van der Waals surface area contributed by atoms with Crippen LogP contribution in [0.2, 0.25) is 10.0 Å². The van der Waals surface area contributed by atoms with Crippen molar-refractivity contribution >= 4 is 34.9 Å². The minimum atomic E-state index is -0.308. The van der Waals surface area contributed by atoms with Gasteiger partial charge in [-0.2, -0.15) is 0 Å². The molecule has 0 fully saturated rings. The van der Waals surface area contributed by atoms with E-state index in [2.05, 4.69) is 10.6 Å². The van der Waals surface area contributed by atoms with E-state index in [0.717, 1.165) is 12.8 Å². The van der Waals surface area contributed by atoms with E-state index in [9.17, 15) is 4.79 Å². The Bertz CT molecular complexity index is 392. The maximum atomic E-state index is 11.7. The summed E-state index contributed by atoms with van der Waals surface area (Å²) in [6.07, 6.45) is 1.81. The summed E-state index contributed by atoms with van der Waals surface area (Å²) in [6, 6.07) is 4.53. The summed E-state index contributed by atoms with van der Waals surface area (Å²) in [5.74, 6) is 0. The van der Waals surface area contributed by atoms with Crippen molar-refractivity contribution in [3.05, 3.63) is 28.2 Å². The smallest absolute Gasteiger partial charge is 0.319 e. The molecule has 1 rings (SSSR count). The predicted octanol–water partition coefficient (Wildman–Crippen LogP) is 3.24. The minimum absolute atomic E-state index is 0.0235. The molecule has 4 nitrogen and oxygen atoms in total. The van der Waals surface area contributed by atoms with Crippen molar-refractivity contribution in [2.45, 2.75) is 25.8 Å². The van der Waals surface area contributed by atoms with Crippen LogP contribution in [0.5, 0.6) is 0 Å². The number of hydrogen-bond acceptors (Lipinski definition) is 2. The minimum Gasteiger partial charge on any atom is -0.334 e. The molecule has 0 radical (unpaired) electrons. The Morgan fingerprint density at radius 2 is 1.94 bits per heavy atom. The monoisotopic (exact) mass is 289 g/mol. The van der Waals surface area contributed by atoms with Crippen LogP contribution in [0.15, 0.2) is 18.2 Å². The first-order chi connectivity index (χ1) is 8.55. The molecule has 1 atom stereocenters. The molecule has 0 bridgehead atoms. The second kappa shape index (κ2) is 7.46. The highest BCUT2D eigenvalue weighted by Gasteiger charge is 2.10. The lowest BCUT2D eigenvalue weighted by molar-refractivity contribution is 0.248. The molecule has 0 saturated carbocycles. The van der Waals surface area contributed by atoms with E-state index >= 15 is 0 Å². The molecule has 0 spiro atoms. The number of urea groups is 1. The number of carbonyl (C=O) groups is 1. The first-order valence-corrected chi connectivity index (χ1v) is 6.54. The van der Waals surface area contributed by atoms with Crippen molar-refractivity contribution in [1.82, 2.24) is 5.32 Å². The third-order valence-electron chi connectivity index (χ3n) is 2.38. The number of amides is 2. The second-order valence-corrected chi connectivity index (χ2v) is 4.85. The highest BCUT2D eigenvalue weighted by atomic mass is 35.5. The predicted molar refractivity (Wildman–Crippen MR) is 76.4 cm³/mol. The summed E-state index contributed by atoms with van der Waals surface area (Å²) in [7, 11) is 0. The molecular weight excluding hydrogens is 273 g/mol. The van der Waals surface area contributed by atoms with E-state index < -0.39 is 0 Å². The third-order valence-corrected chi connectivity index (χ3v) is 2.81. The van der Waals surface area contributed by atoms with E-state index in [-0.39, 0.29) is 12.1 Å². The summed E-state index contributed by atoms with van der Waals surface area (Å²) in [4.78, 5) is 11.7. The van der Waals surface area contributed by atoms with Gasteiger partial charge < -0.3 is 16.4 Å². The van der Waals surface area contributed by atoms with Crippen LogP contribution in [0.4, 0.5) is 10.5 Å². The Hall–Kier alpha value is -0.970. The Balaban J connectivity index is 2.58. The molecule has 0 aliphatic rings. The first kappa shape index (κ1) is 15.1. The summed E-state index contributed by atoms with van der Waals surface area (Å²) < 4.78 is 0. The molecule has 0 aliphatic carbocycles. The van der Waals surface area contributed by atoms with Crippen LogP contribution in [0.3, 0.4) is 0 Å². The van der Waals surface area contributed by atoms with E-state index in [0.29, 0.717) is 22.3 Å². The zero-order chi connectivity index (χ0) is 13.5. The van der Waals surface area contributed by atoms with Crippen LogP contribution in [0.1, 0.15) is 19.8 Å². The molecule has 2 amide bonds. The average molecular weight is 290 g/mol. The zero-order valence-corrected chi connectivity index (χ0v) is 11.7. The number of anilines is 1. The molecule has 1 unspecified atom stereocenters. The molecule has 0 heterocycles. The fourth-order valence-electron chi connectivity index (χ4n) is 1.58. The number of benzene rings is 1. The van der Waals surface area contributed by atoms with Crippen molar-refractivity contribution in [2.75, 3.05) is 11.9 Å². The van der Waals surface area contributed by atoms with Crippen molar-refractivity contribution in [3.63, 3.8) is 0 Å². The second-order valence-electron chi connectivity index (χ2n) is 3.98. The van der Waals surface area contributed by atoms with Crippen molar-refractivity contribution in [1.29, 1.82) is 0 Å². The number of rotatable bonds is 5. The van der Waals surface area contributed by atoms with E-state index in [1.54, 1.807) is 18.2 Å². The van der Waals surface area contributed by atoms with Gasteiger partial charge in [-0.05, 0) is 24.6 Å². The lowest BCUT2D eigenvalue weighted by Gasteiger charge is -2.16. The average Bonchev–Trinajstić information content (AvgIpc) is 2.26. The van der Waals surface area contributed by atoms with Gasteiger partial charge in [0.05, 0.1) is 0 Å². The Morgan fingerprint density at radius 3 is 2.44 bits per heavy atom. The SMILES string of the molecule is CCCC(CN)NC(=O)Nc1cc(Cl)cc(Cl)c1. The van der Waals surface area contributed by atoms with Crippen LogP contribution < -0.4 is 16.4 Å². The Labute approximate surface area is 117 Å². The van der Waals surface area contributed by atoms with E-state index in [4.69, 9.17) is 28.9 Å². The number of halogens is 2. The summed E-state index contributed by atoms with van der Waals surface area (Å²) >= 11 is 11.7. The fraction of sp³-hybridized carbons (Fsp3) is 0.417. The van der Waals surface area contributed by atoms with Crippen LogP contribution in [0.25, 0.3) is 0 Å². The van der Waals surface area contributed by atoms with Crippen LogP contribution in [0, 0.1) is 0 Å². The van der Waals surface area contributed by atoms with Gasteiger partial charge in [0.25, 0.3) is 0 Å². The van der Waals surface area contributed by atoms with Crippen LogP contribution in [-0.2, 0) is 0 Å². The van der Waals surface area contributed by atoms with Gasteiger partial charge in [0.1, 0.15) is 0 Å². The summed E-state index contributed by atoms with van der Waals surface area (Å²) in [6.45, 7) is 2.45. The number of hydrogen-bond donors (Lipinski definition) is 3. The normalized spacial score (nSPS) is 12.0. The fourth-order valence-corrected chi connectivity index (χ4v) is 2.10. The molecule has 6 heteroatoms. The lowest BCUT2D eigenvalue weighted by Crippen LogP contribution is -2.42. The van der Waals surface area contributed by atoms with Gasteiger partial charge in [0.2, 0.25) is 0 Å². The van der Waals surface area contributed by atoms with E-state index in [1.165, 1.54) is 0 Å². The van der Waals surface area contributed by atoms with Gasteiger partial charge in [-0.25, -0.2) is 4.79 Å². The molecule has 4 N–H and O–H groups in total. The van der Waals surface area contributed by atoms with Gasteiger partial charge in [-0.1, -0.05) is 36.5 Å². The highest BCUT2D eigenvalue weighted by molar-refractivity contribution is 6.35. The third kappa shape index (κ3) is 5.12. The van der Waals surface area contributed by atoms with Crippen molar-refractivity contribution in [2.24, 2.45) is 5.73 Å². The lowest BCUT2D eigenvalue weighted by atomic mass is 10.2. The Kier molecular flexibility index (Phi) is 6.25. The standard InChI is InChI=1S/C12H17Cl2N3O/c1-2-3-10(7-15)16-12(18)17-11-5-8(13)4-9(14)6-11/h4-6,10H,2-3,7,15H2,1H3,(H2,16,17,18). The highest BCUT2D eigenvalue weighted by Crippen LogP contribution is 2.22. The quantitative estimate of drug-likeness (QED) is 0.779. The molecule has 0 aromatic heterocycles. The molecule has 100 valence electrons. The summed E-state index contributed by atoms with van der Waals surface area (Å²) in [5.41, 5.74) is 6.12. The number of nitrogens with one attached hydrogen (secondary N) is 2. The summed E-state index contributed by atoms with van der Waals surface area (Å²) in [5, 5.41) is 6.41. The molecule has 0 saturated heterocycles. The topological polar surface area (TPSA) is 67.1 Å². The maximum Gasteiger partial charge on any atom is 0.319 e. The van der Waals surface area contributed by atoms with Gasteiger partial charge >= 0.3 is 6.03 Å². The van der Waals surface area contributed by atoms with E-state index in [1.807, 2.05) is 6.92 Å². The molecule has 18 heavy (non-hydrogen) atoms. The molecular formula is C12H17Cl2N3O. The van der Waals surface area contributed by atoms with Gasteiger partial charge in [-0.15, -0.1) is 0 Å². The molecule has 1 aromatic rings. The van der Waals surface area contributed by atoms with Gasteiger partial charge in [-0.3, -0.25) is 0 Å². The van der Waals surface area contributed by atoms with Gasteiger partial charge in [0.15, 0.2) is 0 Å². The van der Waals surface area contributed by atoms with Crippen molar-refractivity contribution in [3.8, 4) is 0 Å². The van der Waals surface area contributed by atoms with Crippen LogP contribution in [-0.4, -0.2) is 18.6 Å². The van der Waals surface area contributed by atoms with Crippen LogP contribution >= 0.6 is 23.2 Å². The molecule has 0 aliphatic heterocycles. The maximum absolute atomic E-state index is 11.7. The number of nitrogens with two attached hydrogens (primary N) is 1.